The first-order valence-electron chi connectivity index (χ1n) is 5.39. The predicted molar refractivity (Wildman–Crippen MR) is 65.2 cm³/mol. The fourth-order valence-corrected chi connectivity index (χ4v) is 1.58. The van der Waals surface area contributed by atoms with Crippen LogP contribution in [0.1, 0.15) is 12.7 Å². The van der Waals surface area contributed by atoms with Gasteiger partial charge in [0.05, 0.1) is 12.7 Å². The maximum atomic E-state index is 11.6. The van der Waals surface area contributed by atoms with Crippen molar-refractivity contribution in [3.8, 4) is 0 Å². The lowest BCUT2D eigenvalue weighted by Crippen LogP contribution is -2.33. The van der Waals surface area contributed by atoms with Gasteiger partial charge in [0.2, 0.25) is 0 Å². The standard InChI is InChI=1S/C10H13N5O3/c1-2-15-8(11)7(9(16)14-10(15)17)12-5-6-3-4-13-18-6/h3-4,12H,2,5,11H2,1H3,(H,14,16,17). The summed E-state index contributed by atoms with van der Waals surface area (Å²) in [6.07, 6.45) is 1.50. The highest BCUT2D eigenvalue weighted by molar-refractivity contribution is 5.60. The van der Waals surface area contributed by atoms with Gasteiger partial charge in [0.15, 0.2) is 5.76 Å². The van der Waals surface area contributed by atoms with Crippen molar-refractivity contribution in [3.05, 3.63) is 38.9 Å². The van der Waals surface area contributed by atoms with Crippen LogP contribution in [0.5, 0.6) is 0 Å². The van der Waals surface area contributed by atoms with E-state index in [-0.39, 0.29) is 18.1 Å². The second-order valence-corrected chi connectivity index (χ2v) is 3.60. The van der Waals surface area contributed by atoms with E-state index in [1.165, 1.54) is 10.8 Å². The van der Waals surface area contributed by atoms with Gasteiger partial charge in [-0.25, -0.2) is 4.79 Å². The second-order valence-electron chi connectivity index (χ2n) is 3.60. The molecule has 0 aliphatic carbocycles. The first kappa shape index (κ1) is 12.0. The lowest BCUT2D eigenvalue weighted by atomic mass is 10.4. The summed E-state index contributed by atoms with van der Waals surface area (Å²) in [6.45, 7) is 2.39. The first-order valence-corrected chi connectivity index (χ1v) is 5.39. The van der Waals surface area contributed by atoms with Gasteiger partial charge in [-0.05, 0) is 6.92 Å². The van der Waals surface area contributed by atoms with Crippen molar-refractivity contribution in [3.63, 3.8) is 0 Å². The molecule has 2 aromatic heterocycles. The Labute approximate surface area is 101 Å². The number of nitrogens with two attached hydrogens (primary N) is 1. The molecule has 18 heavy (non-hydrogen) atoms. The highest BCUT2D eigenvalue weighted by Crippen LogP contribution is 2.11. The third-order valence-corrected chi connectivity index (χ3v) is 2.49. The van der Waals surface area contributed by atoms with E-state index in [1.807, 2.05) is 0 Å². The average Bonchev–Trinajstić information content (AvgIpc) is 2.81. The zero-order valence-corrected chi connectivity index (χ0v) is 9.77. The summed E-state index contributed by atoms with van der Waals surface area (Å²) >= 11 is 0. The van der Waals surface area contributed by atoms with Crippen molar-refractivity contribution >= 4 is 11.5 Å². The summed E-state index contributed by atoms with van der Waals surface area (Å²) in [4.78, 5) is 25.3. The number of anilines is 2. The van der Waals surface area contributed by atoms with Crippen LogP contribution in [0.4, 0.5) is 11.5 Å². The van der Waals surface area contributed by atoms with Gasteiger partial charge < -0.3 is 15.6 Å². The molecule has 0 radical (unpaired) electrons. The van der Waals surface area contributed by atoms with Crippen molar-refractivity contribution in [2.75, 3.05) is 11.1 Å². The summed E-state index contributed by atoms with van der Waals surface area (Å²) in [7, 11) is 0. The van der Waals surface area contributed by atoms with Crippen molar-refractivity contribution in [2.24, 2.45) is 0 Å². The SMILES string of the molecule is CCn1c(N)c(NCc2ccno2)c(=O)[nH]c1=O. The Kier molecular flexibility index (Phi) is 3.18. The molecule has 0 saturated heterocycles. The number of hydrogen-bond donors (Lipinski definition) is 3. The maximum Gasteiger partial charge on any atom is 0.330 e. The molecule has 0 atom stereocenters. The van der Waals surface area contributed by atoms with Crippen LogP contribution in [0.25, 0.3) is 0 Å². The number of nitrogens with zero attached hydrogens (tertiary/aromatic N) is 2. The zero-order chi connectivity index (χ0) is 13.1. The molecule has 2 aromatic rings. The predicted octanol–water partition coefficient (Wildman–Crippen LogP) is -0.261. The molecule has 0 bridgehead atoms. The van der Waals surface area contributed by atoms with Crippen molar-refractivity contribution in [1.82, 2.24) is 14.7 Å². The van der Waals surface area contributed by atoms with Crippen LogP contribution in [0.2, 0.25) is 0 Å². The Morgan fingerprint density at radius 3 is 2.94 bits per heavy atom. The van der Waals surface area contributed by atoms with Gasteiger partial charge >= 0.3 is 5.69 Å². The third-order valence-electron chi connectivity index (χ3n) is 2.49. The number of aromatic nitrogens is 3. The largest absolute Gasteiger partial charge is 0.383 e. The van der Waals surface area contributed by atoms with E-state index in [1.54, 1.807) is 13.0 Å². The molecule has 0 spiro atoms. The van der Waals surface area contributed by atoms with Gasteiger partial charge in [-0.2, -0.15) is 0 Å². The summed E-state index contributed by atoms with van der Waals surface area (Å²) in [5.41, 5.74) is 4.84. The molecule has 0 fully saturated rings. The Hall–Kier alpha value is -2.51. The molecule has 0 amide bonds. The van der Waals surface area contributed by atoms with E-state index in [2.05, 4.69) is 15.5 Å². The first-order chi connectivity index (χ1) is 8.63. The molecule has 96 valence electrons. The maximum absolute atomic E-state index is 11.6. The van der Waals surface area contributed by atoms with Crippen LogP contribution >= 0.6 is 0 Å². The minimum absolute atomic E-state index is 0.103. The van der Waals surface area contributed by atoms with Gasteiger partial charge in [0.25, 0.3) is 5.56 Å². The van der Waals surface area contributed by atoms with Crippen LogP contribution < -0.4 is 22.3 Å². The van der Waals surface area contributed by atoms with Crippen LogP contribution in [-0.2, 0) is 13.1 Å². The quantitative estimate of drug-likeness (QED) is 0.688. The Morgan fingerprint density at radius 1 is 1.56 bits per heavy atom. The molecule has 2 heterocycles. The summed E-state index contributed by atoms with van der Waals surface area (Å²) < 4.78 is 6.15. The lowest BCUT2D eigenvalue weighted by molar-refractivity contribution is 0.388. The summed E-state index contributed by atoms with van der Waals surface area (Å²) in [6, 6.07) is 1.66. The molecule has 0 unspecified atom stereocenters. The van der Waals surface area contributed by atoms with Gasteiger partial charge in [-0.1, -0.05) is 5.16 Å². The van der Waals surface area contributed by atoms with E-state index in [0.29, 0.717) is 12.3 Å². The zero-order valence-electron chi connectivity index (χ0n) is 9.77. The molecule has 0 aliphatic rings. The molecule has 8 heteroatoms. The van der Waals surface area contributed by atoms with Crippen LogP contribution in [0.15, 0.2) is 26.4 Å². The number of aromatic amines is 1. The minimum Gasteiger partial charge on any atom is -0.383 e. The molecule has 0 saturated carbocycles. The second kappa shape index (κ2) is 4.78. The van der Waals surface area contributed by atoms with Crippen molar-refractivity contribution in [2.45, 2.75) is 20.0 Å². The number of nitrogens with one attached hydrogen (secondary N) is 2. The van der Waals surface area contributed by atoms with Gasteiger partial charge in [0, 0.05) is 12.6 Å². The fraction of sp³-hybridized carbons (Fsp3) is 0.300. The monoisotopic (exact) mass is 251 g/mol. The Balaban J connectivity index is 2.33. The highest BCUT2D eigenvalue weighted by atomic mass is 16.5. The number of nitrogen functional groups attached to an aromatic ring is 1. The number of hydrogen-bond acceptors (Lipinski definition) is 6. The van der Waals surface area contributed by atoms with E-state index < -0.39 is 11.2 Å². The van der Waals surface area contributed by atoms with E-state index >= 15 is 0 Å². The molecule has 0 aliphatic heterocycles. The smallest absolute Gasteiger partial charge is 0.330 e. The lowest BCUT2D eigenvalue weighted by Gasteiger charge is -2.11. The molecule has 4 N–H and O–H groups in total. The van der Waals surface area contributed by atoms with Crippen LogP contribution in [0.3, 0.4) is 0 Å². The molecular formula is C10H13N5O3. The van der Waals surface area contributed by atoms with Crippen molar-refractivity contribution in [1.29, 1.82) is 0 Å². The van der Waals surface area contributed by atoms with E-state index in [9.17, 15) is 9.59 Å². The molecule has 8 nitrogen and oxygen atoms in total. The van der Waals surface area contributed by atoms with Crippen LogP contribution in [0, 0.1) is 0 Å². The topological polar surface area (TPSA) is 119 Å². The Morgan fingerprint density at radius 2 is 2.33 bits per heavy atom. The summed E-state index contributed by atoms with van der Waals surface area (Å²) in [5.74, 6) is 0.661. The van der Waals surface area contributed by atoms with Gasteiger partial charge in [-0.15, -0.1) is 0 Å². The molecule has 2 rings (SSSR count). The summed E-state index contributed by atoms with van der Waals surface area (Å²) in [5, 5.41) is 6.36. The van der Waals surface area contributed by atoms with E-state index in [0.717, 1.165) is 0 Å². The highest BCUT2D eigenvalue weighted by Gasteiger charge is 2.11. The Bertz CT molecular complexity index is 641. The normalized spacial score (nSPS) is 10.5. The van der Waals surface area contributed by atoms with E-state index in [4.69, 9.17) is 10.3 Å². The number of H-pyrrole nitrogens is 1. The minimum atomic E-state index is -0.554. The van der Waals surface area contributed by atoms with Gasteiger partial charge in [0.1, 0.15) is 11.5 Å². The number of rotatable bonds is 4. The van der Waals surface area contributed by atoms with Crippen molar-refractivity contribution < 1.29 is 4.52 Å². The van der Waals surface area contributed by atoms with Crippen LogP contribution in [-0.4, -0.2) is 14.7 Å². The molecular weight excluding hydrogens is 238 g/mol. The van der Waals surface area contributed by atoms with Gasteiger partial charge in [-0.3, -0.25) is 14.3 Å². The fourth-order valence-electron chi connectivity index (χ4n) is 1.58. The average molecular weight is 251 g/mol. The molecule has 0 aromatic carbocycles. The third kappa shape index (κ3) is 2.12.